The van der Waals surface area contributed by atoms with Crippen LogP contribution in [0.25, 0.3) is 10.9 Å². The summed E-state index contributed by atoms with van der Waals surface area (Å²) in [5.74, 6) is -0.505. The Morgan fingerprint density at radius 3 is 3.07 bits per heavy atom. The standard InChI is InChI=1S/C10H9FN2O2/c1-15-10(14)9-7-3-2-6(5-11)4-8(7)12-13-9/h2-4H,5H2,1H3,(H,12,13). The molecule has 0 unspecified atom stereocenters. The summed E-state index contributed by atoms with van der Waals surface area (Å²) in [4.78, 5) is 11.3. The Morgan fingerprint density at radius 2 is 2.40 bits per heavy atom. The zero-order valence-corrected chi connectivity index (χ0v) is 8.08. The number of fused-ring (bicyclic) bond motifs is 1. The number of carbonyl (C=O) groups is 1. The molecule has 15 heavy (non-hydrogen) atoms. The normalized spacial score (nSPS) is 10.5. The number of benzene rings is 1. The van der Waals surface area contributed by atoms with Crippen molar-refractivity contribution >= 4 is 16.9 Å². The molecule has 0 fully saturated rings. The topological polar surface area (TPSA) is 55.0 Å². The molecule has 0 saturated heterocycles. The lowest BCUT2D eigenvalue weighted by atomic mass is 10.1. The SMILES string of the molecule is COC(=O)c1n[nH]c2cc(CF)ccc12. The summed E-state index contributed by atoms with van der Waals surface area (Å²) in [6.45, 7) is -0.539. The van der Waals surface area contributed by atoms with E-state index in [1.807, 2.05) is 0 Å². The summed E-state index contributed by atoms with van der Waals surface area (Å²) in [5, 5.41) is 7.12. The number of H-pyrrole nitrogens is 1. The predicted octanol–water partition coefficient (Wildman–Crippen LogP) is 1.82. The van der Waals surface area contributed by atoms with Gasteiger partial charge in [0.2, 0.25) is 0 Å². The second-order valence-electron chi connectivity index (χ2n) is 3.08. The number of hydrogen-bond donors (Lipinski definition) is 1. The number of rotatable bonds is 2. The predicted molar refractivity (Wildman–Crippen MR) is 52.2 cm³/mol. The molecule has 1 heterocycles. The van der Waals surface area contributed by atoms with E-state index in [0.717, 1.165) is 0 Å². The third-order valence-corrected chi connectivity index (χ3v) is 2.16. The molecule has 0 aliphatic heterocycles. The van der Waals surface area contributed by atoms with Crippen LogP contribution in [0.4, 0.5) is 4.39 Å². The van der Waals surface area contributed by atoms with E-state index < -0.39 is 12.6 Å². The second kappa shape index (κ2) is 3.68. The van der Waals surface area contributed by atoms with Crippen LogP contribution in [0, 0.1) is 0 Å². The lowest BCUT2D eigenvalue weighted by molar-refractivity contribution is 0.0596. The van der Waals surface area contributed by atoms with Gasteiger partial charge in [-0.1, -0.05) is 6.07 Å². The molecule has 0 spiro atoms. The highest BCUT2D eigenvalue weighted by Crippen LogP contribution is 2.18. The number of ether oxygens (including phenoxy) is 1. The van der Waals surface area contributed by atoms with Gasteiger partial charge >= 0.3 is 5.97 Å². The van der Waals surface area contributed by atoms with Crippen molar-refractivity contribution in [2.24, 2.45) is 0 Å². The minimum absolute atomic E-state index is 0.220. The van der Waals surface area contributed by atoms with Crippen molar-refractivity contribution in [1.29, 1.82) is 0 Å². The van der Waals surface area contributed by atoms with Crippen LogP contribution in [-0.4, -0.2) is 23.3 Å². The first-order valence-corrected chi connectivity index (χ1v) is 4.37. The molecule has 0 aliphatic rings. The first-order chi connectivity index (χ1) is 7.26. The van der Waals surface area contributed by atoms with Gasteiger partial charge in [-0.25, -0.2) is 9.18 Å². The third-order valence-electron chi connectivity index (χ3n) is 2.16. The van der Waals surface area contributed by atoms with Gasteiger partial charge in [0.25, 0.3) is 0 Å². The zero-order valence-electron chi connectivity index (χ0n) is 8.08. The number of halogens is 1. The highest BCUT2D eigenvalue weighted by Gasteiger charge is 2.14. The summed E-state index contributed by atoms with van der Waals surface area (Å²) in [7, 11) is 1.29. The Bertz CT molecular complexity index is 507. The number of alkyl halides is 1. The number of nitrogens with zero attached hydrogens (tertiary/aromatic N) is 1. The van der Waals surface area contributed by atoms with Gasteiger partial charge < -0.3 is 4.74 Å². The lowest BCUT2D eigenvalue weighted by Crippen LogP contribution is -2.01. The number of aromatic amines is 1. The fourth-order valence-electron chi connectivity index (χ4n) is 1.40. The Labute approximate surface area is 85.0 Å². The maximum absolute atomic E-state index is 12.4. The van der Waals surface area contributed by atoms with Crippen LogP contribution in [0.15, 0.2) is 18.2 Å². The molecule has 0 amide bonds. The fraction of sp³-hybridized carbons (Fsp3) is 0.200. The number of hydrogen-bond acceptors (Lipinski definition) is 3. The molecule has 5 heteroatoms. The second-order valence-corrected chi connectivity index (χ2v) is 3.08. The summed E-state index contributed by atoms with van der Waals surface area (Å²) in [5.41, 5.74) is 1.39. The molecule has 2 aromatic rings. The van der Waals surface area contributed by atoms with Crippen molar-refractivity contribution in [3.8, 4) is 0 Å². The summed E-state index contributed by atoms with van der Waals surface area (Å²) in [6.07, 6.45) is 0. The van der Waals surface area contributed by atoms with Crippen LogP contribution >= 0.6 is 0 Å². The molecular formula is C10H9FN2O2. The lowest BCUT2D eigenvalue weighted by Gasteiger charge is -1.96. The largest absolute Gasteiger partial charge is 0.464 e. The number of methoxy groups -OCH3 is 1. The molecule has 0 saturated carbocycles. The molecule has 1 N–H and O–H groups in total. The van der Waals surface area contributed by atoms with Crippen LogP contribution < -0.4 is 0 Å². The summed E-state index contributed by atoms with van der Waals surface area (Å²) >= 11 is 0. The van der Waals surface area contributed by atoms with Crippen molar-refractivity contribution in [3.05, 3.63) is 29.5 Å². The molecular weight excluding hydrogens is 199 g/mol. The van der Waals surface area contributed by atoms with E-state index in [0.29, 0.717) is 16.5 Å². The molecule has 0 radical (unpaired) electrons. The van der Waals surface area contributed by atoms with Gasteiger partial charge in [-0.2, -0.15) is 5.10 Å². The first-order valence-electron chi connectivity index (χ1n) is 4.37. The Balaban J connectivity index is 2.57. The maximum Gasteiger partial charge on any atom is 0.359 e. The van der Waals surface area contributed by atoms with E-state index in [1.54, 1.807) is 18.2 Å². The minimum atomic E-state index is -0.539. The van der Waals surface area contributed by atoms with E-state index in [1.165, 1.54) is 7.11 Å². The Kier molecular flexibility index (Phi) is 2.37. The van der Waals surface area contributed by atoms with Gasteiger partial charge in [-0.3, -0.25) is 5.10 Å². The van der Waals surface area contributed by atoms with E-state index in [9.17, 15) is 9.18 Å². The van der Waals surface area contributed by atoms with Crippen molar-refractivity contribution in [2.75, 3.05) is 7.11 Å². The highest BCUT2D eigenvalue weighted by molar-refractivity contribution is 6.01. The van der Waals surface area contributed by atoms with Crippen LogP contribution in [0.5, 0.6) is 0 Å². The van der Waals surface area contributed by atoms with E-state index in [2.05, 4.69) is 14.9 Å². The van der Waals surface area contributed by atoms with Crippen molar-refractivity contribution in [2.45, 2.75) is 6.67 Å². The molecule has 0 bridgehead atoms. The average Bonchev–Trinajstić information content (AvgIpc) is 2.70. The van der Waals surface area contributed by atoms with Crippen LogP contribution in [0.2, 0.25) is 0 Å². The maximum atomic E-state index is 12.4. The molecule has 0 atom stereocenters. The molecule has 4 nitrogen and oxygen atoms in total. The molecule has 78 valence electrons. The number of aromatic nitrogens is 2. The number of nitrogens with one attached hydrogen (secondary N) is 1. The first kappa shape index (κ1) is 9.64. The van der Waals surface area contributed by atoms with E-state index in [-0.39, 0.29) is 5.69 Å². The van der Waals surface area contributed by atoms with Gasteiger partial charge in [-0.15, -0.1) is 0 Å². The number of carbonyl (C=O) groups excluding carboxylic acids is 1. The highest BCUT2D eigenvalue weighted by atomic mass is 19.1. The Hall–Kier alpha value is -1.91. The van der Waals surface area contributed by atoms with Gasteiger partial charge in [-0.05, 0) is 17.7 Å². The van der Waals surface area contributed by atoms with E-state index in [4.69, 9.17) is 0 Å². The average molecular weight is 208 g/mol. The smallest absolute Gasteiger partial charge is 0.359 e. The van der Waals surface area contributed by atoms with Crippen molar-refractivity contribution in [1.82, 2.24) is 10.2 Å². The quantitative estimate of drug-likeness (QED) is 0.766. The van der Waals surface area contributed by atoms with Gasteiger partial charge in [0.05, 0.1) is 12.6 Å². The van der Waals surface area contributed by atoms with Gasteiger partial charge in [0, 0.05) is 5.39 Å². The van der Waals surface area contributed by atoms with Crippen molar-refractivity contribution in [3.63, 3.8) is 0 Å². The molecule has 0 aliphatic carbocycles. The third kappa shape index (κ3) is 1.56. The Morgan fingerprint density at radius 1 is 1.60 bits per heavy atom. The summed E-state index contributed by atoms with van der Waals surface area (Å²) < 4.78 is 16.9. The van der Waals surface area contributed by atoms with Crippen LogP contribution in [-0.2, 0) is 11.4 Å². The fourth-order valence-corrected chi connectivity index (χ4v) is 1.40. The van der Waals surface area contributed by atoms with E-state index >= 15 is 0 Å². The van der Waals surface area contributed by atoms with Crippen LogP contribution in [0.3, 0.4) is 0 Å². The molecule has 1 aromatic carbocycles. The van der Waals surface area contributed by atoms with Gasteiger partial charge in [0.1, 0.15) is 6.67 Å². The zero-order chi connectivity index (χ0) is 10.8. The monoisotopic (exact) mass is 208 g/mol. The molecule has 2 rings (SSSR count). The van der Waals surface area contributed by atoms with Crippen LogP contribution in [0.1, 0.15) is 16.1 Å². The van der Waals surface area contributed by atoms with Gasteiger partial charge in [0.15, 0.2) is 5.69 Å². The summed E-state index contributed by atoms with van der Waals surface area (Å²) in [6, 6.07) is 4.89. The van der Waals surface area contributed by atoms with Crippen molar-refractivity contribution < 1.29 is 13.9 Å². The minimum Gasteiger partial charge on any atom is -0.464 e. The number of esters is 1. The molecule has 1 aromatic heterocycles.